The van der Waals surface area contributed by atoms with Gasteiger partial charge < -0.3 is 15.5 Å². The number of piperidine rings is 2. The lowest BCUT2D eigenvalue weighted by molar-refractivity contribution is -0.136. The molecular weight excluding hydrogens is 382 g/mol. The number of hydrogen-bond donors (Lipinski definition) is 3. The van der Waals surface area contributed by atoms with Gasteiger partial charge in [-0.05, 0) is 23.6 Å². The molecule has 1 aromatic carbocycles. The molecule has 4 rings (SSSR count). The van der Waals surface area contributed by atoms with E-state index < -0.39 is 23.8 Å². The predicted molar refractivity (Wildman–Crippen MR) is 100 cm³/mol. The summed E-state index contributed by atoms with van der Waals surface area (Å²) in [5.41, 5.74) is 2.18. The minimum Gasteiger partial charge on any atom is -0.322 e. The highest BCUT2D eigenvalue weighted by Crippen LogP contribution is 2.30. The summed E-state index contributed by atoms with van der Waals surface area (Å²) in [5.74, 6) is -4.42. The second kappa shape index (κ2) is 7.79. The first-order valence-electron chi connectivity index (χ1n) is 9.91. The van der Waals surface area contributed by atoms with Gasteiger partial charge in [0.15, 0.2) is 0 Å². The second-order valence-corrected chi connectivity index (χ2v) is 7.93. The Kier molecular flexibility index (Phi) is 5.35. The highest BCUT2D eigenvalue weighted by Gasteiger charge is 2.41. The summed E-state index contributed by atoms with van der Waals surface area (Å²) >= 11 is 0. The van der Waals surface area contributed by atoms with Crippen LogP contribution in [0.4, 0.5) is 8.78 Å². The lowest BCUT2D eigenvalue weighted by atomic mass is 9.95. The van der Waals surface area contributed by atoms with Crippen LogP contribution in [0.25, 0.3) is 0 Å². The first-order valence-corrected chi connectivity index (χ1v) is 9.91. The summed E-state index contributed by atoms with van der Waals surface area (Å²) < 4.78 is 27.8. The monoisotopic (exact) mass is 406 g/mol. The molecule has 1 aromatic rings. The Morgan fingerprint density at radius 2 is 2.07 bits per heavy atom. The minimum atomic E-state index is -2.67. The Hall–Kier alpha value is -2.39. The number of carbonyl (C=O) groups is 3. The molecule has 0 aromatic heterocycles. The summed E-state index contributed by atoms with van der Waals surface area (Å²) in [6, 6.07) is 4.82. The maximum absolute atomic E-state index is 13.9. The van der Waals surface area contributed by atoms with E-state index >= 15 is 0 Å². The van der Waals surface area contributed by atoms with Crippen molar-refractivity contribution < 1.29 is 23.2 Å². The van der Waals surface area contributed by atoms with Crippen LogP contribution in [0.5, 0.6) is 0 Å². The van der Waals surface area contributed by atoms with Crippen LogP contribution in [0, 0.1) is 5.92 Å². The van der Waals surface area contributed by atoms with Gasteiger partial charge in [-0.25, -0.2) is 8.78 Å². The van der Waals surface area contributed by atoms with E-state index in [4.69, 9.17) is 0 Å². The number of fused-ring (bicyclic) bond motifs is 1. The SMILES string of the molecule is O=C1CCC(N2Cc3ccc(CNCC4CNCCC4(F)F)cc3C2=O)C(=O)N1. The Morgan fingerprint density at radius 1 is 1.24 bits per heavy atom. The zero-order valence-electron chi connectivity index (χ0n) is 16.0. The van der Waals surface area contributed by atoms with E-state index in [0.717, 1.165) is 11.1 Å². The topological polar surface area (TPSA) is 90.5 Å². The van der Waals surface area contributed by atoms with Gasteiger partial charge in [-0.15, -0.1) is 0 Å². The molecule has 7 nitrogen and oxygen atoms in total. The van der Waals surface area contributed by atoms with Gasteiger partial charge in [-0.3, -0.25) is 19.7 Å². The average Bonchev–Trinajstić information content (AvgIpc) is 2.99. The van der Waals surface area contributed by atoms with Crippen molar-refractivity contribution in [2.75, 3.05) is 19.6 Å². The van der Waals surface area contributed by atoms with E-state index in [9.17, 15) is 23.2 Å². The Balaban J connectivity index is 1.38. The third kappa shape index (κ3) is 4.02. The lowest BCUT2D eigenvalue weighted by Crippen LogP contribution is -2.52. The minimum absolute atomic E-state index is 0.150. The maximum atomic E-state index is 13.9. The van der Waals surface area contributed by atoms with E-state index in [1.165, 1.54) is 4.90 Å². The molecule has 2 fully saturated rings. The molecule has 0 bridgehead atoms. The number of carbonyl (C=O) groups excluding carboxylic acids is 3. The summed E-state index contributed by atoms with van der Waals surface area (Å²) in [7, 11) is 0. The van der Waals surface area contributed by atoms with Crippen molar-refractivity contribution >= 4 is 17.7 Å². The lowest BCUT2D eigenvalue weighted by Gasteiger charge is -2.32. The fraction of sp³-hybridized carbons (Fsp3) is 0.550. The van der Waals surface area contributed by atoms with E-state index in [-0.39, 0.29) is 37.7 Å². The van der Waals surface area contributed by atoms with Crippen LogP contribution in [-0.2, 0) is 22.7 Å². The normalized spacial score (nSPS) is 26.4. The zero-order chi connectivity index (χ0) is 20.6. The molecule has 0 saturated carbocycles. The highest BCUT2D eigenvalue weighted by molar-refractivity contribution is 6.05. The van der Waals surface area contributed by atoms with Crippen LogP contribution in [0.2, 0.25) is 0 Å². The molecule has 156 valence electrons. The summed E-state index contributed by atoms with van der Waals surface area (Å²) in [5, 5.41) is 8.35. The molecule has 0 spiro atoms. The maximum Gasteiger partial charge on any atom is 0.255 e. The number of alkyl halides is 2. The molecule has 29 heavy (non-hydrogen) atoms. The van der Waals surface area contributed by atoms with Gasteiger partial charge in [0.2, 0.25) is 11.8 Å². The van der Waals surface area contributed by atoms with Gasteiger partial charge in [0.05, 0.1) is 0 Å². The number of nitrogens with one attached hydrogen (secondary N) is 3. The molecule has 2 atom stereocenters. The van der Waals surface area contributed by atoms with Crippen LogP contribution in [0.15, 0.2) is 18.2 Å². The number of halogens is 2. The third-order valence-corrected chi connectivity index (χ3v) is 5.94. The first kappa shape index (κ1) is 19.9. The van der Waals surface area contributed by atoms with Gasteiger partial charge >= 0.3 is 0 Å². The van der Waals surface area contributed by atoms with Crippen LogP contribution >= 0.6 is 0 Å². The molecule has 3 aliphatic rings. The smallest absolute Gasteiger partial charge is 0.255 e. The number of hydrogen-bond acceptors (Lipinski definition) is 5. The van der Waals surface area contributed by atoms with Crippen LogP contribution in [0.3, 0.4) is 0 Å². The molecule has 0 radical (unpaired) electrons. The molecular formula is C20H24F2N4O3. The van der Waals surface area contributed by atoms with Gasteiger partial charge in [0, 0.05) is 57.0 Å². The zero-order valence-corrected chi connectivity index (χ0v) is 16.0. The molecule has 3 amide bonds. The van der Waals surface area contributed by atoms with Crippen molar-refractivity contribution in [3.63, 3.8) is 0 Å². The molecule has 0 aliphatic carbocycles. The molecule has 2 unspecified atom stereocenters. The van der Waals surface area contributed by atoms with Crippen LogP contribution in [-0.4, -0.2) is 54.2 Å². The van der Waals surface area contributed by atoms with Gasteiger partial charge in [0.1, 0.15) is 6.04 Å². The molecule has 2 saturated heterocycles. The molecule has 3 heterocycles. The molecule has 3 N–H and O–H groups in total. The van der Waals surface area contributed by atoms with E-state index in [1.807, 2.05) is 12.1 Å². The standard InChI is InChI=1S/C20H24F2N4O3/c21-20(22)5-6-23-9-14(20)10-24-8-12-1-2-13-11-26(19(29)15(13)7-12)16-3-4-17(27)25-18(16)28/h1-2,7,14,16,23-24H,3-6,8-11H2,(H,25,27,28). The van der Waals surface area contributed by atoms with E-state index in [1.54, 1.807) is 6.07 Å². The van der Waals surface area contributed by atoms with Gasteiger partial charge in [-0.1, -0.05) is 12.1 Å². The van der Waals surface area contributed by atoms with Gasteiger partial charge in [0.25, 0.3) is 11.8 Å². The van der Waals surface area contributed by atoms with Crippen molar-refractivity contribution in [3.05, 3.63) is 34.9 Å². The van der Waals surface area contributed by atoms with Crippen LogP contribution < -0.4 is 16.0 Å². The van der Waals surface area contributed by atoms with Crippen molar-refractivity contribution in [1.29, 1.82) is 0 Å². The molecule has 9 heteroatoms. The van der Waals surface area contributed by atoms with Gasteiger partial charge in [-0.2, -0.15) is 0 Å². The Bertz CT molecular complexity index is 845. The number of imide groups is 1. The fourth-order valence-electron chi connectivity index (χ4n) is 4.21. The average molecular weight is 406 g/mol. The summed E-state index contributed by atoms with van der Waals surface area (Å²) in [6.45, 7) is 1.51. The second-order valence-electron chi connectivity index (χ2n) is 7.93. The number of rotatable bonds is 5. The summed E-state index contributed by atoms with van der Waals surface area (Å²) in [4.78, 5) is 37.7. The van der Waals surface area contributed by atoms with Crippen molar-refractivity contribution in [2.24, 2.45) is 5.92 Å². The van der Waals surface area contributed by atoms with Crippen molar-refractivity contribution in [1.82, 2.24) is 20.9 Å². The van der Waals surface area contributed by atoms with E-state index in [0.29, 0.717) is 31.6 Å². The number of nitrogens with zero attached hydrogens (tertiary/aromatic N) is 1. The Labute approximate surface area is 167 Å². The number of benzene rings is 1. The van der Waals surface area contributed by atoms with Crippen LogP contribution in [0.1, 0.15) is 40.7 Å². The van der Waals surface area contributed by atoms with Crippen molar-refractivity contribution in [2.45, 2.75) is 44.3 Å². The predicted octanol–water partition coefficient (Wildman–Crippen LogP) is 0.782. The van der Waals surface area contributed by atoms with E-state index in [2.05, 4.69) is 16.0 Å². The Morgan fingerprint density at radius 3 is 2.83 bits per heavy atom. The van der Waals surface area contributed by atoms with Crippen molar-refractivity contribution in [3.8, 4) is 0 Å². The highest BCUT2D eigenvalue weighted by atomic mass is 19.3. The largest absolute Gasteiger partial charge is 0.322 e. The number of amides is 3. The summed E-state index contributed by atoms with van der Waals surface area (Å²) in [6.07, 6.45) is 0.387. The third-order valence-electron chi connectivity index (χ3n) is 5.94. The quantitative estimate of drug-likeness (QED) is 0.629. The molecule has 3 aliphatic heterocycles. The fourth-order valence-corrected chi connectivity index (χ4v) is 4.21. The first-order chi connectivity index (χ1) is 13.8.